The Labute approximate surface area is 266 Å². The van der Waals surface area contributed by atoms with E-state index in [1.54, 1.807) is 0 Å². The molecular weight excluding hydrogens is 540 g/mol. The summed E-state index contributed by atoms with van der Waals surface area (Å²) in [4.78, 5) is 4.48. The topological polar surface area (TPSA) is 24.9 Å². The summed E-state index contributed by atoms with van der Waals surface area (Å²) in [6.45, 7) is 31.5. The minimum atomic E-state index is -0.0230. The minimum absolute atomic E-state index is 0.0144. The molecule has 0 spiro atoms. The molecule has 0 amide bonds. The normalized spacial score (nSPS) is 17.7. The number of hydrogen-bond acceptors (Lipinski definition) is 4. The van der Waals surface area contributed by atoms with Crippen LogP contribution in [0, 0.1) is 0 Å². The van der Waals surface area contributed by atoms with Gasteiger partial charge in [0.25, 0.3) is 11.8 Å². The lowest BCUT2D eigenvalue weighted by molar-refractivity contribution is 0.290. The second-order valence-corrected chi connectivity index (χ2v) is 16.6. The van der Waals surface area contributed by atoms with Crippen molar-refractivity contribution in [1.29, 1.82) is 0 Å². The summed E-state index contributed by atoms with van der Waals surface area (Å²) in [5.74, 6) is 3.04. The Morgan fingerprint density at radius 2 is 0.864 bits per heavy atom. The average Bonchev–Trinajstić information content (AvgIpc) is 3.43. The molecular formula is C40H52N2O2. The molecule has 0 bridgehead atoms. The third-order valence-electron chi connectivity index (χ3n) is 8.81. The van der Waals surface area contributed by atoms with Gasteiger partial charge in [-0.2, -0.15) is 0 Å². The lowest BCUT2D eigenvalue weighted by atomic mass is 9.80. The molecule has 3 aromatic carbocycles. The van der Waals surface area contributed by atoms with Crippen molar-refractivity contribution in [1.82, 2.24) is 0 Å². The average molecular weight is 593 g/mol. The number of anilines is 3. The van der Waals surface area contributed by atoms with E-state index in [-0.39, 0.29) is 21.7 Å². The highest BCUT2D eigenvalue weighted by atomic mass is 16.6. The molecule has 4 nitrogen and oxygen atoms in total. The van der Waals surface area contributed by atoms with Gasteiger partial charge in [0.15, 0.2) is 5.75 Å². The first-order valence-electron chi connectivity index (χ1n) is 15.9. The van der Waals surface area contributed by atoms with Crippen LogP contribution in [-0.4, -0.2) is 0 Å². The number of para-hydroxylation sites is 2. The molecule has 5 rings (SSSR count). The third kappa shape index (κ3) is 5.88. The van der Waals surface area contributed by atoms with E-state index in [4.69, 9.17) is 9.47 Å². The SMILES string of the molecule is CC1=C(C)N(c2cc(C(C)(C)C)cc(C(C)(C)C)c2)/C(=C2\Oc3ccccc3N2c2cc(C(C)(C)C)cc(C(C)(C)C)c2)O1. The number of allylic oxidation sites excluding steroid dienone is 2. The minimum Gasteiger partial charge on any atom is -0.439 e. The summed E-state index contributed by atoms with van der Waals surface area (Å²) in [5, 5.41) is 0. The zero-order valence-corrected chi connectivity index (χ0v) is 29.5. The Bertz CT molecular complexity index is 1600. The summed E-state index contributed by atoms with van der Waals surface area (Å²) in [5.41, 5.74) is 9.30. The van der Waals surface area contributed by atoms with Gasteiger partial charge in [0, 0.05) is 11.4 Å². The van der Waals surface area contributed by atoms with Gasteiger partial charge in [-0.05, 0) is 94.2 Å². The number of rotatable bonds is 2. The third-order valence-corrected chi connectivity index (χ3v) is 8.81. The van der Waals surface area contributed by atoms with Crippen LogP contribution in [0.15, 0.2) is 83.9 Å². The molecule has 0 aliphatic carbocycles. The van der Waals surface area contributed by atoms with Crippen LogP contribution in [0.3, 0.4) is 0 Å². The zero-order valence-electron chi connectivity index (χ0n) is 29.5. The van der Waals surface area contributed by atoms with Gasteiger partial charge in [-0.25, -0.2) is 0 Å². The van der Waals surface area contributed by atoms with E-state index in [0.29, 0.717) is 11.8 Å². The van der Waals surface area contributed by atoms with Crippen molar-refractivity contribution in [3.8, 4) is 5.75 Å². The molecule has 0 atom stereocenters. The Hall–Kier alpha value is -3.66. The number of nitrogens with zero attached hydrogens (tertiary/aromatic N) is 2. The highest BCUT2D eigenvalue weighted by Gasteiger charge is 2.39. The quantitative estimate of drug-likeness (QED) is 0.295. The van der Waals surface area contributed by atoms with Crippen molar-refractivity contribution in [3.05, 3.63) is 106 Å². The molecule has 2 aliphatic rings. The monoisotopic (exact) mass is 592 g/mol. The second-order valence-electron chi connectivity index (χ2n) is 16.6. The van der Waals surface area contributed by atoms with E-state index in [1.165, 1.54) is 22.3 Å². The van der Waals surface area contributed by atoms with E-state index in [2.05, 4.69) is 148 Å². The van der Waals surface area contributed by atoms with Gasteiger partial charge in [-0.1, -0.05) is 107 Å². The molecule has 2 aliphatic heterocycles. The summed E-state index contributed by atoms with van der Waals surface area (Å²) in [7, 11) is 0. The lowest BCUT2D eigenvalue weighted by Gasteiger charge is -2.31. The highest BCUT2D eigenvalue weighted by molar-refractivity contribution is 5.79. The maximum atomic E-state index is 6.76. The van der Waals surface area contributed by atoms with Crippen LogP contribution in [0.5, 0.6) is 5.75 Å². The predicted molar refractivity (Wildman–Crippen MR) is 186 cm³/mol. The number of ether oxygens (including phenoxy) is 2. The van der Waals surface area contributed by atoms with Crippen molar-refractivity contribution in [2.24, 2.45) is 0 Å². The molecule has 2 heterocycles. The fourth-order valence-electron chi connectivity index (χ4n) is 5.62. The lowest BCUT2D eigenvalue weighted by Crippen LogP contribution is -2.26. The zero-order chi connectivity index (χ0) is 32.6. The van der Waals surface area contributed by atoms with Crippen LogP contribution < -0.4 is 14.5 Å². The van der Waals surface area contributed by atoms with E-state index in [9.17, 15) is 0 Å². The van der Waals surface area contributed by atoms with Crippen molar-refractivity contribution in [3.63, 3.8) is 0 Å². The molecule has 3 aromatic rings. The second kappa shape index (κ2) is 10.5. The Kier molecular flexibility index (Phi) is 7.55. The number of benzene rings is 3. The molecule has 0 saturated heterocycles. The van der Waals surface area contributed by atoms with E-state index in [0.717, 1.165) is 34.3 Å². The van der Waals surface area contributed by atoms with Crippen molar-refractivity contribution < 1.29 is 9.47 Å². The van der Waals surface area contributed by atoms with Crippen LogP contribution >= 0.6 is 0 Å². The van der Waals surface area contributed by atoms with E-state index < -0.39 is 0 Å². The van der Waals surface area contributed by atoms with Gasteiger partial charge in [-0.3, -0.25) is 9.80 Å². The first-order valence-corrected chi connectivity index (χ1v) is 15.9. The molecule has 234 valence electrons. The fraction of sp³-hybridized carbons (Fsp3) is 0.450. The molecule has 0 unspecified atom stereocenters. The largest absolute Gasteiger partial charge is 0.439 e. The molecule has 4 heteroatoms. The Balaban J connectivity index is 1.79. The maximum absolute atomic E-state index is 6.76. The van der Waals surface area contributed by atoms with Crippen LogP contribution in [0.2, 0.25) is 0 Å². The first kappa shape index (κ1) is 31.8. The summed E-state index contributed by atoms with van der Waals surface area (Å²) in [6, 6.07) is 22.2. The van der Waals surface area contributed by atoms with Crippen molar-refractivity contribution in [2.45, 2.75) is 119 Å². The molecule has 0 fully saturated rings. The van der Waals surface area contributed by atoms with Gasteiger partial charge >= 0.3 is 0 Å². The molecule has 0 N–H and O–H groups in total. The van der Waals surface area contributed by atoms with Gasteiger partial charge < -0.3 is 9.47 Å². The van der Waals surface area contributed by atoms with E-state index in [1.807, 2.05) is 19.1 Å². The molecule has 0 saturated carbocycles. The Morgan fingerprint density at radius 1 is 0.477 bits per heavy atom. The Morgan fingerprint density at radius 3 is 1.30 bits per heavy atom. The summed E-state index contributed by atoms with van der Waals surface area (Å²) < 4.78 is 13.4. The summed E-state index contributed by atoms with van der Waals surface area (Å²) in [6.07, 6.45) is 0. The van der Waals surface area contributed by atoms with Gasteiger partial charge in [0.2, 0.25) is 0 Å². The van der Waals surface area contributed by atoms with Crippen LogP contribution in [0.25, 0.3) is 0 Å². The van der Waals surface area contributed by atoms with Crippen LogP contribution in [-0.2, 0) is 26.4 Å². The van der Waals surface area contributed by atoms with Crippen LogP contribution in [0.4, 0.5) is 17.1 Å². The number of fused-ring (bicyclic) bond motifs is 1. The maximum Gasteiger partial charge on any atom is 0.268 e. The molecule has 0 radical (unpaired) electrons. The van der Waals surface area contributed by atoms with Gasteiger partial charge in [0.1, 0.15) is 5.76 Å². The highest BCUT2D eigenvalue weighted by Crippen LogP contribution is 2.49. The van der Waals surface area contributed by atoms with Gasteiger partial charge in [0.05, 0.1) is 11.4 Å². The standard InChI is InChI=1S/C40H52N2O2/c1-25-26(2)43-35(41(25)31-21-27(37(3,4)5)19-28(22-31)38(6,7)8)36-42(33-17-15-16-18-34(33)44-36)32-23-29(39(9,10)11)20-30(24-32)40(12,13)14/h15-24H,1-14H3/b36-35+. The smallest absolute Gasteiger partial charge is 0.268 e. The van der Waals surface area contributed by atoms with E-state index >= 15 is 0 Å². The fourth-order valence-corrected chi connectivity index (χ4v) is 5.62. The number of hydrogen-bond donors (Lipinski definition) is 0. The van der Waals surface area contributed by atoms with Crippen molar-refractivity contribution in [2.75, 3.05) is 9.80 Å². The molecule has 44 heavy (non-hydrogen) atoms. The molecule has 0 aromatic heterocycles. The van der Waals surface area contributed by atoms with Crippen LogP contribution in [0.1, 0.15) is 119 Å². The first-order chi connectivity index (χ1) is 20.2. The summed E-state index contributed by atoms with van der Waals surface area (Å²) >= 11 is 0. The van der Waals surface area contributed by atoms with Gasteiger partial charge in [-0.15, -0.1) is 0 Å². The van der Waals surface area contributed by atoms with Crippen molar-refractivity contribution >= 4 is 17.1 Å². The predicted octanol–water partition coefficient (Wildman–Crippen LogP) is 11.3.